The minimum absolute atomic E-state index is 0.00449. The van der Waals surface area contributed by atoms with Gasteiger partial charge >= 0.3 is 6.18 Å². The Morgan fingerprint density at radius 1 is 0.923 bits per heavy atom. The van der Waals surface area contributed by atoms with E-state index in [9.17, 15) is 27.6 Å². The summed E-state index contributed by atoms with van der Waals surface area (Å²) in [6.07, 6.45) is -5.50. The molecule has 2 aliphatic rings. The second-order valence-electron chi connectivity index (χ2n) is 10.6. The predicted octanol–water partition coefficient (Wildman–Crippen LogP) is 4.74. The van der Waals surface area contributed by atoms with Crippen LogP contribution < -0.4 is 14.8 Å². The summed E-state index contributed by atoms with van der Waals surface area (Å²) in [5.41, 5.74) is -3.51. The molecule has 39 heavy (non-hydrogen) atoms. The number of amides is 2. The maximum absolute atomic E-state index is 14.9. The van der Waals surface area contributed by atoms with Crippen molar-refractivity contribution in [2.75, 3.05) is 14.2 Å². The molecule has 0 bridgehead atoms. The molecule has 10 heteroatoms. The van der Waals surface area contributed by atoms with Crippen LogP contribution >= 0.6 is 0 Å². The molecule has 2 aromatic carbocycles. The monoisotopic (exact) mass is 544 g/mol. The molecule has 2 aromatic rings. The van der Waals surface area contributed by atoms with Crippen LogP contribution in [0.25, 0.3) is 0 Å². The second-order valence-corrected chi connectivity index (χ2v) is 10.6. The number of aryl methyl sites for hydroxylation is 1. The van der Waals surface area contributed by atoms with E-state index in [0.717, 1.165) is 4.90 Å². The molecule has 0 fully saturated rings. The van der Waals surface area contributed by atoms with E-state index < -0.39 is 40.3 Å². The normalized spacial score (nSPS) is 20.6. The van der Waals surface area contributed by atoms with Crippen molar-refractivity contribution in [1.82, 2.24) is 10.2 Å². The van der Waals surface area contributed by atoms with E-state index in [1.165, 1.54) is 14.2 Å². The van der Waals surface area contributed by atoms with Crippen molar-refractivity contribution < 1.29 is 37.0 Å². The lowest BCUT2D eigenvalue weighted by Crippen LogP contribution is -2.66. The SMILES string of the molecule is COc1ccc(CCC(=O)NC2(C(F)(F)F)C(=O)N(Cc3ccc(OC)cc3)C3=C2C(=O)CC(C)(C)C3)cc1. The molecule has 0 aromatic heterocycles. The van der Waals surface area contributed by atoms with E-state index in [1.54, 1.807) is 62.4 Å². The van der Waals surface area contributed by atoms with Crippen LogP contribution in [0.1, 0.15) is 44.2 Å². The van der Waals surface area contributed by atoms with Crippen molar-refractivity contribution in [2.45, 2.75) is 57.8 Å². The molecule has 7 nitrogen and oxygen atoms in total. The van der Waals surface area contributed by atoms with E-state index in [0.29, 0.717) is 22.6 Å². The van der Waals surface area contributed by atoms with Crippen molar-refractivity contribution in [2.24, 2.45) is 5.41 Å². The number of benzene rings is 2. The highest BCUT2D eigenvalue weighted by Crippen LogP contribution is 2.52. The highest BCUT2D eigenvalue weighted by atomic mass is 19.4. The van der Waals surface area contributed by atoms with E-state index in [4.69, 9.17) is 9.47 Å². The van der Waals surface area contributed by atoms with E-state index in [-0.39, 0.29) is 37.9 Å². The zero-order valence-electron chi connectivity index (χ0n) is 22.3. The Kier molecular flexibility index (Phi) is 7.51. The Balaban J connectivity index is 1.69. The van der Waals surface area contributed by atoms with Crippen LogP contribution in [0.2, 0.25) is 0 Å². The van der Waals surface area contributed by atoms with Gasteiger partial charge in [-0.3, -0.25) is 14.4 Å². The fraction of sp³-hybridized carbons (Fsp3) is 0.414. The molecule has 1 atom stereocenters. The fourth-order valence-corrected chi connectivity index (χ4v) is 5.23. The average Bonchev–Trinajstić information content (AvgIpc) is 3.10. The Hall–Kier alpha value is -3.82. The maximum atomic E-state index is 14.9. The summed E-state index contributed by atoms with van der Waals surface area (Å²) in [6, 6.07) is 13.3. The lowest BCUT2D eigenvalue weighted by molar-refractivity contribution is -0.194. The molecule has 0 saturated heterocycles. The van der Waals surface area contributed by atoms with Gasteiger partial charge in [0.15, 0.2) is 5.78 Å². The number of halogens is 3. The van der Waals surface area contributed by atoms with Crippen molar-refractivity contribution in [3.05, 3.63) is 70.9 Å². The predicted molar refractivity (Wildman–Crippen MR) is 137 cm³/mol. The summed E-state index contributed by atoms with van der Waals surface area (Å²) < 4.78 is 55.1. The maximum Gasteiger partial charge on any atom is 0.425 e. The first-order chi connectivity index (χ1) is 18.3. The van der Waals surface area contributed by atoms with E-state index >= 15 is 0 Å². The molecule has 1 heterocycles. The summed E-state index contributed by atoms with van der Waals surface area (Å²) >= 11 is 0. The van der Waals surface area contributed by atoms with Crippen LogP contribution in [0.15, 0.2) is 59.8 Å². The van der Waals surface area contributed by atoms with Crippen molar-refractivity contribution in [3.63, 3.8) is 0 Å². The quantitative estimate of drug-likeness (QED) is 0.519. The number of alkyl halides is 3. The number of ether oxygens (including phenoxy) is 2. The number of ketones is 1. The number of nitrogens with zero attached hydrogens (tertiary/aromatic N) is 1. The van der Waals surface area contributed by atoms with Gasteiger partial charge in [-0.15, -0.1) is 0 Å². The molecule has 1 N–H and O–H groups in total. The van der Waals surface area contributed by atoms with Crippen LogP contribution in [0.4, 0.5) is 13.2 Å². The number of methoxy groups -OCH3 is 2. The van der Waals surface area contributed by atoms with Gasteiger partial charge in [0.2, 0.25) is 11.4 Å². The third-order valence-corrected chi connectivity index (χ3v) is 7.17. The van der Waals surface area contributed by atoms with Crippen molar-refractivity contribution >= 4 is 17.6 Å². The van der Waals surface area contributed by atoms with Crippen LogP contribution in [0.3, 0.4) is 0 Å². The number of nitrogens with one attached hydrogen (secondary N) is 1. The molecular formula is C29H31F3N2O5. The first-order valence-corrected chi connectivity index (χ1v) is 12.5. The van der Waals surface area contributed by atoms with E-state index in [1.807, 2.05) is 5.32 Å². The summed E-state index contributed by atoms with van der Waals surface area (Å²) in [4.78, 5) is 41.0. The van der Waals surface area contributed by atoms with Gasteiger partial charge in [-0.05, 0) is 53.6 Å². The molecular weight excluding hydrogens is 513 g/mol. The van der Waals surface area contributed by atoms with Gasteiger partial charge in [0, 0.05) is 18.5 Å². The first-order valence-electron chi connectivity index (χ1n) is 12.5. The molecule has 0 saturated carbocycles. The number of carbonyl (C=O) groups is 3. The van der Waals surface area contributed by atoms with Crippen LogP contribution in [0.5, 0.6) is 11.5 Å². The van der Waals surface area contributed by atoms with Crippen molar-refractivity contribution in [1.29, 1.82) is 0 Å². The van der Waals surface area contributed by atoms with Crippen molar-refractivity contribution in [3.8, 4) is 11.5 Å². The zero-order chi connectivity index (χ0) is 28.6. The summed E-state index contributed by atoms with van der Waals surface area (Å²) in [5, 5.41) is 1.99. The number of carbonyl (C=O) groups excluding carboxylic acids is 3. The van der Waals surface area contributed by atoms with Gasteiger partial charge in [-0.2, -0.15) is 13.2 Å². The lowest BCUT2D eigenvalue weighted by atomic mass is 9.72. The van der Waals surface area contributed by atoms with Crippen LogP contribution in [-0.2, 0) is 27.3 Å². The number of Topliss-reactive ketones (excluding diaryl/α,β-unsaturated/α-hetero) is 1. The molecule has 4 rings (SSSR count). The largest absolute Gasteiger partial charge is 0.497 e. The van der Waals surface area contributed by atoms with Gasteiger partial charge in [-0.25, -0.2) is 0 Å². The fourth-order valence-electron chi connectivity index (χ4n) is 5.23. The standard InChI is InChI=1S/C29H31F3N2O5/c1-27(2)15-22-25(23(35)16-27)28(29(30,31)32,26(37)34(22)17-19-7-12-21(39-4)13-8-19)33-24(36)14-9-18-5-10-20(38-3)11-6-18/h5-8,10-13H,9,14-17H2,1-4H3,(H,33,36). The topological polar surface area (TPSA) is 84.9 Å². The number of allylic oxidation sites excluding steroid dienone is 1. The van der Waals surface area contributed by atoms with Gasteiger partial charge < -0.3 is 19.7 Å². The number of hydrogen-bond acceptors (Lipinski definition) is 5. The average molecular weight is 545 g/mol. The molecule has 0 radical (unpaired) electrons. The molecule has 1 aliphatic heterocycles. The molecule has 1 unspecified atom stereocenters. The van der Waals surface area contributed by atoms with Gasteiger partial charge in [-0.1, -0.05) is 38.1 Å². The minimum atomic E-state index is -5.24. The van der Waals surface area contributed by atoms with Gasteiger partial charge in [0.05, 0.1) is 26.3 Å². The first kappa shape index (κ1) is 28.2. The Labute approximate surface area is 225 Å². The molecule has 2 amide bonds. The lowest BCUT2D eigenvalue weighted by Gasteiger charge is -2.35. The Morgan fingerprint density at radius 3 is 1.97 bits per heavy atom. The Morgan fingerprint density at radius 2 is 1.46 bits per heavy atom. The molecule has 208 valence electrons. The second kappa shape index (κ2) is 10.4. The smallest absolute Gasteiger partial charge is 0.425 e. The summed E-state index contributed by atoms with van der Waals surface area (Å²) in [5.74, 6) is -1.99. The zero-order valence-corrected chi connectivity index (χ0v) is 22.3. The number of rotatable bonds is 8. The van der Waals surface area contributed by atoms with E-state index in [2.05, 4.69) is 0 Å². The van der Waals surface area contributed by atoms with Gasteiger partial charge in [0.1, 0.15) is 11.5 Å². The summed E-state index contributed by atoms with van der Waals surface area (Å²) in [7, 11) is 2.99. The van der Waals surface area contributed by atoms with Crippen LogP contribution in [-0.4, -0.2) is 48.4 Å². The number of hydrogen-bond donors (Lipinski definition) is 1. The minimum Gasteiger partial charge on any atom is -0.497 e. The highest BCUT2D eigenvalue weighted by Gasteiger charge is 2.71. The summed E-state index contributed by atoms with van der Waals surface area (Å²) in [6.45, 7) is 3.35. The van der Waals surface area contributed by atoms with Gasteiger partial charge in [0.25, 0.3) is 5.91 Å². The third kappa shape index (κ3) is 5.37. The third-order valence-electron chi connectivity index (χ3n) is 7.17. The highest BCUT2D eigenvalue weighted by molar-refractivity contribution is 6.13. The molecule has 1 aliphatic carbocycles. The Bertz CT molecular complexity index is 1300. The van der Waals surface area contributed by atoms with Crippen LogP contribution in [0, 0.1) is 5.41 Å². The molecule has 0 spiro atoms.